The highest BCUT2D eigenvalue weighted by Gasteiger charge is 2.32. The Morgan fingerprint density at radius 2 is 1.81 bits per heavy atom. The maximum atomic E-state index is 6.27. The molecule has 0 amide bonds. The van der Waals surface area contributed by atoms with Gasteiger partial charge in [0, 0.05) is 43.7 Å². The summed E-state index contributed by atoms with van der Waals surface area (Å²) < 4.78 is 6.27. The van der Waals surface area contributed by atoms with Crippen LogP contribution in [0.5, 0.6) is 0 Å². The fourth-order valence-electron chi connectivity index (χ4n) is 4.81. The molecule has 0 spiro atoms. The van der Waals surface area contributed by atoms with E-state index in [4.69, 9.17) is 17.4 Å². The third-order valence-electron chi connectivity index (χ3n) is 5.83. The lowest BCUT2D eigenvalue weighted by Crippen LogP contribution is -2.48. The van der Waals surface area contributed by atoms with E-state index < -0.39 is 0 Å². The molecule has 1 aliphatic heterocycles. The molecule has 146 valence electrons. The Hall–Kier alpha value is -0.710. The molecule has 1 aromatic carbocycles. The number of thiol groups is 1. The molecule has 1 saturated heterocycles. The van der Waals surface area contributed by atoms with Crippen LogP contribution in [0.1, 0.15) is 40.0 Å². The van der Waals surface area contributed by atoms with Gasteiger partial charge < -0.3 is 9.64 Å². The maximum absolute atomic E-state index is 6.27. The Morgan fingerprint density at radius 3 is 2.46 bits per heavy atom. The number of benzene rings is 1. The quantitative estimate of drug-likeness (QED) is 0.744. The Balaban J connectivity index is 1.37. The van der Waals surface area contributed by atoms with E-state index in [1.54, 1.807) is 0 Å². The average Bonchev–Trinajstić information content (AvgIpc) is 2.60. The van der Waals surface area contributed by atoms with Crippen molar-refractivity contribution in [3.8, 4) is 0 Å². The summed E-state index contributed by atoms with van der Waals surface area (Å²) in [6, 6.07) is 10.7. The van der Waals surface area contributed by atoms with Crippen LogP contribution in [0.3, 0.4) is 0 Å². The third-order valence-corrected chi connectivity index (χ3v) is 6.15. The minimum atomic E-state index is 0.304. The standard InChI is InChI=1S/C22H36N2OS/c1-18-13-20(15-22(2,3)14-18)25-17-21(26)16-23-9-11-24(12-10-23)19-7-5-4-6-8-19/h4-8,18,20-21,26H,9-17H2,1-3H3/t18-,20+,21+/m0/s1. The third kappa shape index (κ3) is 5.90. The van der Waals surface area contributed by atoms with Crippen molar-refractivity contribution >= 4 is 18.3 Å². The van der Waals surface area contributed by atoms with Gasteiger partial charge in [-0.1, -0.05) is 39.0 Å². The predicted octanol–water partition coefficient (Wildman–Crippen LogP) is 4.34. The van der Waals surface area contributed by atoms with Gasteiger partial charge in [-0.25, -0.2) is 0 Å². The number of rotatable bonds is 6. The van der Waals surface area contributed by atoms with Crippen molar-refractivity contribution < 1.29 is 4.74 Å². The molecule has 0 radical (unpaired) electrons. The molecule has 1 heterocycles. The second-order valence-electron chi connectivity index (χ2n) is 9.15. The number of ether oxygens (including phenoxy) is 1. The molecular weight excluding hydrogens is 340 g/mol. The fourth-order valence-corrected chi connectivity index (χ4v) is 5.13. The van der Waals surface area contributed by atoms with Crippen LogP contribution in [-0.4, -0.2) is 55.6 Å². The SMILES string of the molecule is C[C@H]1C[C@@H](OC[C@H](S)CN2CCN(c3ccccc3)CC2)CC(C)(C)C1. The lowest BCUT2D eigenvalue weighted by atomic mass is 9.71. The molecule has 4 heteroatoms. The molecule has 0 unspecified atom stereocenters. The van der Waals surface area contributed by atoms with Gasteiger partial charge in [0.2, 0.25) is 0 Å². The summed E-state index contributed by atoms with van der Waals surface area (Å²) in [5.74, 6) is 0.771. The summed E-state index contributed by atoms with van der Waals surface area (Å²) in [6.45, 7) is 13.3. The molecule has 3 nitrogen and oxygen atoms in total. The number of para-hydroxylation sites is 1. The first-order valence-electron chi connectivity index (χ1n) is 10.2. The highest BCUT2D eigenvalue weighted by molar-refractivity contribution is 7.81. The fraction of sp³-hybridized carbons (Fsp3) is 0.727. The monoisotopic (exact) mass is 376 g/mol. The van der Waals surface area contributed by atoms with Gasteiger partial charge in [-0.15, -0.1) is 0 Å². The molecule has 3 rings (SSSR count). The van der Waals surface area contributed by atoms with Gasteiger partial charge in [0.15, 0.2) is 0 Å². The summed E-state index contributed by atoms with van der Waals surface area (Å²) in [5.41, 5.74) is 1.76. The summed E-state index contributed by atoms with van der Waals surface area (Å²) in [6.07, 6.45) is 4.13. The normalized spacial score (nSPS) is 28.1. The summed E-state index contributed by atoms with van der Waals surface area (Å²) in [7, 11) is 0. The first kappa shape index (κ1) is 20.0. The van der Waals surface area contributed by atoms with E-state index >= 15 is 0 Å². The Labute approximate surface area is 165 Å². The number of nitrogens with zero attached hydrogens (tertiary/aromatic N) is 2. The van der Waals surface area contributed by atoms with E-state index in [0.717, 1.165) is 45.2 Å². The minimum Gasteiger partial charge on any atom is -0.377 e. The van der Waals surface area contributed by atoms with Crippen LogP contribution in [0.25, 0.3) is 0 Å². The molecule has 0 bridgehead atoms. The maximum Gasteiger partial charge on any atom is 0.0598 e. The molecule has 1 aliphatic carbocycles. The molecule has 3 atom stereocenters. The summed E-state index contributed by atoms with van der Waals surface area (Å²) >= 11 is 4.82. The molecular formula is C22H36N2OS. The van der Waals surface area contributed by atoms with Crippen LogP contribution in [0.2, 0.25) is 0 Å². The van der Waals surface area contributed by atoms with Crippen molar-refractivity contribution in [2.45, 2.75) is 51.4 Å². The van der Waals surface area contributed by atoms with Gasteiger partial charge in [-0.2, -0.15) is 12.6 Å². The van der Waals surface area contributed by atoms with Crippen LogP contribution in [-0.2, 0) is 4.74 Å². The van der Waals surface area contributed by atoms with Crippen molar-refractivity contribution in [3.63, 3.8) is 0 Å². The topological polar surface area (TPSA) is 15.7 Å². The van der Waals surface area contributed by atoms with Crippen LogP contribution in [0.4, 0.5) is 5.69 Å². The zero-order valence-electron chi connectivity index (χ0n) is 16.7. The zero-order valence-corrected chi connectivity index (χ0v) is 17.6. The number of hydrogen-bond acceptors (Lipinski definition) is 4. The van der Waals surface area contributed by atoms with Gasteiger partial charge in [-0.05, 0) is 42.7 Å². The Morgan fingerprint density at radius 1 is 1.12 bits per heavy atom. The second kappa shape index (κ2) is 8.99. The second-order valence-corrected chi connectivity index (χ2v) is 9.88. The number of piperazine rings is 1. The highest BCUT2D eigenvalue weighted by atomic mass is 32.1. The molecule has 1 aromatic rings. The molecule has 2 fully saturated rings. The van der Waals surface area contributed by atoms with E-state index in [9.17, 15) is 0 Å². The summed E-state index contributed by atoms with van der Waals surface area (Å²) in [5, 5.41) is 0.304. The number of hydrogen-bond donors (Lipinski definition) is 1. The van der Waals surface area contributed by atoms with Crippen molar-refractivity contribution in [1.82, 2.24) is 4.90 Å². The Bertz CT molecular complexity index is 542. The van der Waals surface area contributed by atoms with Crippen LogP contribution in [0, 0.1) is 11.3 Å². The van der Waals surface area contributed by atoms with Gasteiger partial charge in [0.1, 0.15) is 0 Å². The molecule has 0 N–H and O–H groups in total. The van der Waals surface area contributed by atoms with Crippen molar-refractivity contribution in [2.75, 3.05) is 44.2 Å². The molecule has 1 saturated carbocycles. The smallest absolute Gasteiger partial charge is 0.0598 e. The van der Waals surface area contributed by atoms with E-state index in [0.29, 0.717) is 16.8 Å². The Kier molecular flexibility index (Phi) is 6.92. The van der Waals surface area contributed by atoms with Gasteiger partial charge in [0.25, 0.3) is 0 Å². The van der Waals surface area contributed by atoms with Crippen LogP contribution >= 0.6 is 12.6 Å². The summed E-state index contributed by atoms with van der Waals surface area (Å²) in [4.78, 5) is 5.01. The van der Waals surface area contributed by atoms with Gasteiger partial charge in [-0.3, -0.25) is 4.90 Å². The van der Waals surface area contributed by atoms with E-state index in [1.807, 2.05) is 0 Å². The van der Waals surface area contributed by atoms with E-state index in [1.165, 1.54) is 24.9 Å². The minimum absolute atomic E-state index is 0.304. The van der Waals surface area contributed by atoms with Crippen LogP contribution in [0.15, 0.2) is 30.3 Å². The van der Waals surface area contributed by atoms with Crippen molar-refractivity contribution in [1.29, 1.82) is 0 Å². The van der Waals surface area contributed by atoms with Crippen molar-refractivity contribution in [3.05, 3.63) is 30.3 Å². The molecule has 26 heavy (non-hydrogen) atoms. The lowest BCUT2D eigenvalue weighted by Gasteiger charge is -2.39. The zero-order chi connectivity index (χ0) is 18.6. The van der Waals surface area contributed by atoms with E-state index in [-0.39, 0.29) is 0 Å². The van der Waals surface area contributed by atoms with Gasteiger partial charge in [0.05, 0.1) is 12.7 Å². The molecule has 0 aromatic heterocycles. The largest absolute Gasteiger partial charge is 0.377 e. The number of anilines is 1. The van der Waals surface area contributed by atoms with Crippen LogP contribution < -0.4 is 4.90 Å². The molecule has 2 aliphatic rings. The van der Waals surface area contributed by atoms with Gasteiger partial charge >= 0.3 is 0 Å². The first-order chi connectivity index (χ1) is 12.4. The van der Waals surface area contributed by atoms with E-state index in [2.05, 4.69) is 60.9 Å². The highest BCUT2D eigenvalue weighted by Crippen LogP contribution is 2.39. The predicted molar refractivity (Wildman–Crippen MR) is 114 cm³/mol. The average molecular weight is 377 g/mol. The lowest BCUT2D eigenvalue weighted by molar-refractivity contribution is -0.0237. The first-order valence-corrected chi connectivity index (χ1v) is 10.7. The van der Waals surface area contributed by atoms with Crippen molar-refractivity contribution in [2.24, 2.45) is 11.3 Å².